The van der Waals surface area contributed by atoms with Crippen LogP contribution in [0.4, 0.5) is 5.69 Å². The molecule has 0 aliphatic rings. The lowest BCUT2D eigenvalue weighted by atomic mass is 10.2. The third-order valence-electron chi connectivity index (χ3n) is 1.87. The summed E-state index contributed by atoms with van der Waals surface area (Å²) in [7, 11) is 0. The van der Waals surface area contributed by atoms with Crippen LogP contribution < -0.4 is 5.76 Å². The van der Waals surface area contributed by atoms with E-state index in [2.05, 4.69) is 4.98 Å². The summed E-state index contributed by atoms with van der Waals surface area (Å²) in [6.45, 7) is 0. The number of H-pyrrole nitrogens is 1. The minimum atomic E-state index is -0.587. The topological polar surface area (TPSA) is 89.1 Å². The van der Waals surface area contributed by atoms with Crippen molar-refractivity contribution in [2.24, 2.45) is 0 Å². The first-order valence-electron chi connectivity index (χ1n) is 4.10. The molecule has 6 nitrogen and oxygen atoms in total. The van der Waals surface area contributed by atoms with E-state index in [-0.39, 0.29) is 11.4 Å². The molecule has 0 unspecified atom stereocenters. The third-order valence-corrected chi connectivity index (χ3v) is 1.87. The van der Waals surface area contributed by atoms with Gasteiger partial charge in [0.25, 0.3) is 5.69 Å². The number of hydrogen-bond donors (Lipinski definition) is 1. The Morgan fingerprint density at radius 1 is 1.40 bits per heavy atom. The normalized spacial score (nSPS) is 10.1. The molecule has 0 amide bonds. The van der Waals surface area contributed by atoms with Crippen molar-refractivity contribution in [3.05, 3.63) is 51.1 Å². The number of oxazole rings is 1. The molecule has 0 radical (unpaired) electrons. The van der Waals surface area contributed by atoms with Crippen LogP contribution in [0.2, 0.25) is 0 Å². The van der Waals surface area contributed by atoms with E-state index in [1.807, 2.05) is 0 Å². The van der Waals surface area contributed by atoms with E-state index in [1.165, 1.54) is 24.4 Å². The van der Waals surface area contributed by atoms with E-state index >= 15 is 0 Å². The smallest absolute Gasteiger partial charge is 0.408 e. The van der Waals surface area contributed by atoms with Crippen LogP contribution in [0.1, 0.15) is 0 Å². The fourth-order valence-corrected chi connectivity index (χ4v) is 1.20. The molecule has 0 aliphatic carbocycles. The molecular formula is C9H6N2O4. The monoisotopic (exact) mass is 206 g/mol. The molecule has 6 heteroatoms. The van der Waals surface area contributed by atoms with Crippen LogP contribution in [0.15, 0.2) is 39.7 Å². The zero-order valence-corrected chi connectivity index (χ0v) is 7.47. The van der Waals surface area contributed by atoms with Crippen molar-refractivity contribution in [1.82, 2.24) is 4.98 Å². The number of benzene rings is 1. The van der Waals surface area contributed by atoms with Crippen LogP contribution in [0.5, 0.6) is 0 Å². The Bertz CT molecular complexity index is 555. The van der Waals surface area contributed by atoms with Crippen molar-refractivity contribution in [2.75, 3.05) is 0 Å². The van der Waals surface area contributed by atoms with Gasteiger partial charge in [-0.05, 0) is 0 Å². The number of nitrogens with one attached hydrogen (secondary N) is 1. The number of nitro benzene ring substituents is 1. The predicted octanol–water partition coefficient (Wildman–Crippen LogP) is 1.54. The quantitative estimate of drug-likeness (QED) is 0.596. The van der Waals surface area contributed by atoms with Gasteiger partial charge in [0.15, 0.2) is 5.76 Å². The van der Waals surface area contributed by atoms with Gasteiger partial charge in [-0.3, -0.25) is 15.1 Å². The molecule has 2 rings (SSSR count). The minimum Gasteiger partial charge on any atom is -0.408 e. The Morgan fingerprint density at radius 2 is 2.20 bits per heavy atom. The standard InChI is InChI=1S/C9H6N2O4/c12-9-10-5-8(15-9)6-2-1-3-7(4-6)11(13)14/h1-5H,(H,10,12). The molecule has 0 aliphatic heterocycles. The first kappa shape index (κ1) is 9.20. The highest BCUT2D eigenvalue weighted by Crippen LogP contribution is 2.21. The summed E-state index contributed by atoms with van der Waals surface area (Å²) in [4.78, 5) is 23.0. The van der Waals surface area contributed by atoms with Crippen molar-refractivity contribution in [3.8, 4) is 11.3 Å². The number of nitrogens with zero attached hydrogens (tertiary/aromatic N) is 1. The van der Waals surface area contributed by atoms with Crippen molar-refractivity contribution in [2.45, 2.75) is 0 Å². The molecule has 1 aromatic heterocycles. The first-order valence-corrected chi connectivity index (χ1v) is 4.10. The van der Waals surface area contributed by atoms with Gasteiger partial charge in [-0.15, -0.1) is 0 Å². The number of hydrogen-bond acceptors (Lipinski definition) is 4. The maximum Gasteiger partial charge on any atom is 0.416 e. The van der Waals surface area contributed by atoms with E-state index in [0.717, 1.165) is 0 Å². The van der Waals surface area contributed by atoms with Crippen molar-refractivity contribution in [1.29, 1.82) is 0 Å². The number of rotatable bonds is 2. The van der Waals surface area contributed by atoms with Gasteiger partial charge in [-0.25, -0.2) is 4.79 Å². The average molecular weight is 206 g/mol. The van der Waals surface area contributed by atoms with Crippen molar-refractivity contribution in [3.63, 3.8) is 0 Å². The number of aromatic nitrogens is 1. The van der Waals surface area contributed by atoms with Crippen LogP contribution in [-0.2, 0) is 0 Å². The summed E-state index contributed by atoms with van der Waals surface area (Å²) in [6.07, 6.45) is 1.36. The Balaban J connectivity index is 2.49. The maximum absolute atomic E-state index is 10.7. The average Bonchev–Trinajstić information content (AvgIpc) is 2.65. The lowest BCUT2D eigenvalue weighted by Crippen LogP contribution is -1.92. The lowest BCUT2D eigenvalue weighted by molar-refractivity contribution is -0.384. The van der Waals surface area contributed by atoms with Crippen LogP contribution in [0.25, 0.3) is 11.3 Å². The summed E-state index contributed by atoms with van der Waals surface area (Å²) in [5.74, 6) is -0.305. The van der Waals surface area contributed by atoms with Gasteiger partial charge in [-0.1, -0.05) is 12.1 Å². The molecular weight excluding hydrogens is 200 g/mol. The largest absolute Gasteiger partial charge is 0.416 e. The molecule has 76 valence electrons. The first-order chi connectivity index (χ1) is 7.16. The zero-order chi connectivity index (χ0) is 10.8. The summed E-state index contributed by atoms with van der Waals surface area (Å²) < 4.78 is 4.77. The minimum absolute atomic E-state index is 0.0450. The number of aromatic amines is 1. The Hall–Kier alpha value is -2.37. The van der Waals surface area contributed by atoms with Crippen LogP contribution in [-0.4, -0.2) is 9.91 Å². The van der Waals surface area contributed by atoms with Gasteiger partial charge in [0.2, 0.25) is 0 Å². The number of non-ortho nitro benzene ring substituents is 1. The van der Waals surface area contributed by atoms with Gasteiger partial charge in [0, 0.05) is 17.7 Å². The van der Waals surface area contributed by atoms with E-state index in [9.17, 15) is 14.9 Å². The molecule has 2 aromatic rings. The summed E-state index contributed by atoms with van der Waals surface area (Å²) >= 11 is 0. The molecule has 0 bridgehead atoms. The second-order valence-electron chi connectivity index (χ2n) is 2.85. The van der Waals surface area contributed by atoms with Gasteiger partial charge < -0.3 is 4.42 Å². The molecule has 0 spiro atoms. The fourth-order valence-electron chi connectivity index (χ4n) is 1.20. The van der Waals surface area contributed by atoms with Gasteiger partial charge in [0.1, 0.15) is 0 Å². The van der Waals surface area contributed by atoms with Gasteiger partial charge in [-0.2, -0.15) is 0 Å². The van der Waals surface area contributed by atoms with E-state index in [1.54, 1.807) is 6.07 Å². The Kier molecular flexibility index (Phi) is 2.09. The van der Waals surface area contributed by atoms with E-state index in [0.29, 0.717) is 5.56 Å². The molecule has 0 saturated heterocycles. The Labute approximate surface area is 83.3 Å². The molecule has 1 heterocycles. The van der Waals surface area contributed by atoms with Crippen LogP contribution in [0, 0.1) is 10.1 Å². The molecule has 0 fully saturated rings. The van der Waals surface area contributed by atoms with Crippen LogP contribution in [0.3, 0.4) is 0 Å². The lowest BCUT2D eigenvalue weighted by Gasteiger charge is -1.94. The summed E-state index contributed by atoms with van der Waals surface area (Å²) in [6, 6.07) is 5.86. The highest BCUT2D eigenvalue weighted by atomic mass is 16.6. The molecule has 0 saturated carbocycles. The molecule has 1 aromatic carbocycles. The highest BCUT2D eigenvalue weighted by molar-refractivity contribution is 5.59. The molecule has 1 N–H and O–H groups in total. The van der Waals surface area contributed by atoms with Crippen molar-refractivity contribution >= 4 is 5.69 Å². The number of nitro groups is 1. The van der Waals surface area contributed by atoms with E-state index in [4.69, 9.17) is 4.42 Å². The van der Waals surface area contributed by atoms with Gasteiger partial charge >= 0.3 is 5.76 Å². The fraction of sp³-hybridized carbons (Fsp3) is 0. The second kappa shape index (κ2) is 3.41. The zero-order valence-electron chi connectivity index (χ0n) is 7.47. The summed E-state index contributed by atoms with van der Waals surface area (Å²) in [5, 5.41) is 10.5. The SMILES string of the molecule is O=c1[nH]cc(-c2cccc([N+](=O)[O-])c2)o1. The second-order valence-corrected chi connectivity index (χ2v) is 2.85. The maximum atomic E-state index is 10.7. The predicted molar refractivity (Wildman–Crippen MR) is 51.4 cm³/mol. The van der Waals surface area contributed by atoms with E-state index < -0.39 is 10.7 Å². The Morgan fingerprint density at radius 3 is 2.80 bits per heavy atom. The summed E-state index contributed by atoms with van der Waals surface area (Å²) in [5.41, 5.74) is 0.443. The molecule has 0 atom stereocenters. The van der Waals surface area contributed by atoms with Crippen LogP contribution >= 0.6 is 0 Å². The van der Waals surface area contributed by atoms with Crippen molar-refractivity contribution < 1.29 is 9.34 Å². The molecule has 15 heavy (non-hydrogen) atoms. The highest BCUT2D eigenvalue weighted by Gasteiger charge is 2.09. The van der Waals surface area contributed by atoms with Gasteiger partial charge in [0.05, 0.1) is 11.1 Å². The third kappa shape index (κ3) is 1.78.